The van der Waals surface area contributed by atoms with Crippen LogP contribution in [0.2, 0.25) is 5.02 Å². The molecule has 1 saturated carbocycles. The molecule has 0 spiro atoms. The molecule has 2 rings (SSSR count). The first-order chi connectivity index (χ1) is 8.79. The third-order valence-electron chi connectivity index (χ3n) is 3.19. The maximum Gasteiger partial charge on any atom is 0.262 e. The average molecular weight is 322 g/mol. The Morgan fingerprint density at radius 3 is 2.47 bits per heavy atom. The number of rotatable bonds is 3. The van der Waals surface area contributed by atoms with Gasteiger partial charge in [0.05, 0.1) is 5.02 Å². The molecular formula is C12H13Cl2NO3S. The van der Waals surface area contributed by atoms with Crippen molar-refractivity contribution in [1.82, 2.24) is 5.32 Å². The average Bonchev–Trinajstić information content (AvgIpc) is 2.25. The van der Waals surface area contributed by atoms with Gasteiger partial charge < -0.3 is 5.32 Å². The fraction of sp³-hybridized carbons (Fsp3) is 0.417. The lowest BCUT2D eigenvalue weighted by Gasteiger charge is -2.26. The predicted molar refractivity (Wildman–Crippen MR) is 74.3 cm³/mol. The molecule has 1 aliphatic rings. The van der Waals surface area contributed by atoms with Gasteiger partial charge in [0, 0.05) is 22.3 Å². The molecule has 1 N–H and O–H groups in total. The maximum atomic E-state index is 12.0. The van der Waals surface area contributed by atoms with Crippen LogP contribution >= 0.6 is 22.3 Å². The molecule has 0 bridgehead atoms. The van der Waals surface area contributed by atoms with E-state index in [0.717, 1.165) is 19.3 Å². The Kier molecular flexibility index (Phi) is 4.08. The summed E-state index contributed by atoms with van der Waals surface area (Å²) in [5.74, 6) is -0.300. The van der Waals surface area contributed by atoms with E-state index in [-0.39, 0.29) is 27.4 Å². The lowest BCUT2D eigenvalue weighted by atomic mass is 9.93. The van der Waals surface area contributed by atoms with E-state index in [1.165, 1.54) is 6.07 Å². The van der Waals surface area contributed by atoms with Gasteiger partial charge in [-0.05, 0) is 43.9 Å². The van der Waals surface area contributed by atoms with Crippen molar-refractivity contribution in [2.75, 3.05) is 0 Å². The Bertz CT molecular complexity index is 624. The Morgan fingerprint density at radius 2 is 2.00 bits per heavy atom. The van der Waals surface area contributed by atoms with Crippen LogP contribution in [0.5, 0.6) is 0 Å². The van der Waals surface area contributed by atoms with Crippen molar-refractivity contribution in [2.24, 2.45) is 0 Å². The van der Waals surface area contributed by atoms with Gasteiger partial charge in [-0.2, -0.15) is 0 Å². The molecule has 1 fully saturated rings. The number of halogens is 2. The van der Waals surface area contributed by atoms with Crippen LogP contribution in [0.1, 0.15) is 35.2 Å². The highest BCUT2D eigenvalue weighted by molar-refractivity contribution is 8.13. The molecule has 104 valence electrons. The number of aryl methyl sites for hydroxylation is 1. The normalized spacial score (nSPS) is 15.9. The summed E-state index contributed by atoms with van der Waals surface area (Å²) >= 11 is 5.90. The molecule has 0 radical (unpaired) electrons. The van der Waals surface area contributed by atoms with Crippen molar-refractivity contribution >= 4 is 37.2 Å². The zero-order valence-electron chi connectivity index (χ0n) is 10.2. The Hall–Kier alpha value is -0.780. The molecule has 19 heavy (non-hydrogen) atoms. The third kappa shape index (κ3) is 3.22. The summed E-state index contributed by atoms with van der Waals surface area (Å²) in [7, 11) is 1.34. The van der Waals surface area contributed by atoms with Crippen molar-refractivity contribution in [2.45, 2.75) is 37.1 Å². The van der Waals surface area contributed by atoms with E-state index < -0.39 is 9.05 Å². The first-order valence-electron chi connectivity index (χ1n) is 5.84. The van der Waals surface area contributed by atoms with E-state index in [2.05, 4.69) is 5.32 Å². The first kappa shape index (κ1) is 14.6. The summed E-state index contributed by atoms with van der Waals surface area (Å²) in [5, 5.41) is 2.89. The van der Waals surface area contributed by atoms with Crippen LogP contribution in [-0.2, 0) is 9.05 Å². The second-order valence-corrected chi connectivity index (χ2v) is 7.56. The number of hydrogen-bond donors (Lipinski definition) is 1. The van der Waals surface area contributed by atoms with E-state index >= 15 is 0 Å². The number of amides is 1. The molecular weight excluding hydrogens is 309 g/mol. The van der Waals surface area contributed by atoms with Crippen LogP contribution < -0.4 is 5.32 Å². The predicted octanol–water partition coefficient (Wildman–Crippen LogP) is 2.86. The van der Waals surface area contributed by atoms with Gasteiger partial charge in [0.2, 0.25) is 0 Å². The molecule has 1 aliphatic carbocycles. The highest BCUT2D eigenvalue weighted by atomic mass is 35.7. The molecule has 1 amide bonds. The molecule has 0 heterocycles. The van der Waals surface area contributed by atoms with Gasteiger partial charge in [0.1, 0.15) is 4.90 Å². The van der Waals surface area contributed by atoms with Gasteiger partial charge in [-0.25, -0.2) is 8.42 Å². The lowest BCUT2D eigenvalue weighted by molar-refractivity contribution is 0.0916. The molecule has 7 heteroatoms. The first-order valence-corrected chi connectivity index (χ1v) is 8.53. The van der Waals surface area contributed by atoms with Crippen LogP contribution in [0.4, 0.5) is 0 Å². The van der Waals surface area contributed by atoms with E-state index in [1.54, 1.807) is 13.0 Å². The monoisotopic (exact) mass is 321 g/mol. The smallest absolute Gasteiger partial charge is 0.262 e. The molecule has 0 unspecified atom stereocenters. The molecule has 1 aromatic carbocycles. The fourth-order valence-electron chi connectivity index (χ4n) is 1.87. The summed E-state index contributed by atoms with van der Waals surface area (Å²) in [4.78, 5) is 11.8. The highest BCUT2D eigenvalue weighted by Gasteiger charge is 2.23. The van der Waals surface area contributed by atoms with Crippen LogP contribution in [0.15, 0.2) is 17.0 Å². The van der Waals surface area contributed by atoms with Crippen molar-refractivity contribution in [1.29, 1.82) is 0 Å². The summed E-state index contributed by atoms with van der Waals surface area (Å²) in [6.07, 6.45) is 3.02. The van der Waals surface area contributed by atoms with Gasteiger partial charge in [-0.15, -0.1) is 0 Å². The SMILES string of the molecule is Cc1cc(C(=O)NC2CCC2)cc(S(=O)(=O)Cl)c1Cl. The van der Waals surface area contributed by atoms with Crippen LogP contribution in [0, 0.1) is 6.92 Å². The molecule has 0 saturated heterocycles. The van der Waals surface area contributed by atoms with E-state index in [1.807, 2.05) is 0 Å². The zero-order chi connectivity index (χ0) is 14.2. The number of carbonyl (C=O) groups is 1. The van der Waals surface area contributed by atoms with Crippen molar-refractivity contribution in [3.63, 3.8) is 0 Å². The number of benzene rings is 1. The molecule has 4 nitrogen and oxygen atoms in total. The fourth-order valence-corrected chi connectivity index (χ4v) is 3.41. The van der Waals surface area contributed by atoms with Gasteiger partial charge in [-0.1, -0.05) is 11.6 Å². The van der Waals surface area contributed by atoms with Gasteiger partial charge in [0.15, 0.2) is 0 Å². The Labute approximate surface area is 121 Å². The summed E-state index contributed by atoms with van der Waals surface area (Å²) in [6.45, 7) is 1.63. The van der Waals surface area contributed by atoms with Gasteiger partial charge in [0.25, 0.3) is 15.0 Å². The quantitative estimate of drug-likeness (QED) is 0.871. The van der Waals surface area contributed by atoms with Gasteiger partial charge >= 0.3 is 0 Å². The lowest BCUT2D eigenvalue weighted by Crippen LogP contribution is -2.39. The zero-order valence-corrected chi connectivity index (χ0v) is 12.6. The highest BCUT2D eigenvalue weighted by Crippen LogP contribution is 2.29. The minimum Gasteiger partial charge on any atom is -0.349 e. The van der Waals surface area contributed by atoms with E-state index in [0.29, 0.717) is 5.56 Å². The Balaban J connectivity index is 2.36. The minimum atomic E-state index is -3.97. The number of nitrogens with one attached hydrogen (secondary N) is 1. The van der Waals surface area contributed by atoms with Crippen LogP contribution in [0.25, 0.3) is 0 Å². The molecule has 0 aromatic heterocycles. The van der Waals surface area contributed by atoms with E-state index in [4.69, 9.17) is 22.3 Å². The summed E-state index contributed by atoms with van der Waals surface area (Å²) in [6, 6.07) is 2.95. The third-order valence-corrected chi connectivity index (χ3v) is 5.15. The van der Waals surface area contributed by atoms with Crippen LogP contribution in [-0.4, -0.2) is 20.4 Å². The molecule has 0 atom stereocenters. The standard InChI is InChI=1S/C12H13Cl2NO3S/c1-7-5-8(12(16)15-9-3-2-4-9)6-10(11(7)13)19(14,17)18/h5-6,9H,2-4H2,1H3,(H,15,16). The molecule has 1 aromatic rings. The second-order valence-electron chi connectivity index (χ2n) is 4.64. The number of hydrogen-bond acceptors (Lipinski definition) is 3. The van der Waals surface area contributed by atoms with Crippen molar-refractivity contribution in [3.05, 3.63) is 28.3 Å². The second kappa shape index (κ2) is 5.31. The maximum absolute atomic E-state index is 12.0. The largest absolute Gasteiger partial charge is 0.349 e. The van der Waals surface area contributed by atoms with Crippen molar-refractivity contribution in [3.8, 4) is 0 Å². The molecule has 0 aliphatic heterocycles. The minimum absolute atomic E-state index is 0.0511. The number of carbonyl (C=O) groups excluding carboxylic acids is 1. The Morgan fingerprint density at radius 1 is 1.37 bits per heavy atom. The van der Waals surface area contributed by atoms with E-state index in [9.17, 15) is 13.2 Å². The summed E-state index contributed by atoms with van der Waals surface area (Å²) in [5.41, 5.74) is 0.759. The van der Waals surface area contributed by atoms with Crippen molar-refractivity contribution < 1.29 is 13.2 Å². The van der Waals surface area contributed by atoms with Gasteiger partial charge in [-0.3, -0.25) is 4.79 Å². The topological polar surface area (TPSA) is 63.2 Å². The summed E-state index contributed by atoms with van der Waals surface area (Å²) < 4.78 is 22.8. The van der Waals surface area contributed by atoms with Crippen LogP contribution in [0.3, 0.4) is 0 Å².